The highest BCUT2D eigenvalue weighted by Crippen LogP contribution is 2.22. The number of nitrogens with zero attached hydrogens (tertiary/aromatic N) is 3. The van der Waals surface area contributed by atoms with E-state index >= 15 is 0 Å². The number of anilines is 1. The lowest BCUT2D eigenvalue weighted by Gasteiger charge is -2.36. The van der Waals surface area contributed by atoms with Gasteiger partial charge in [-0.2, -0.15) is 0 Å². The summed E-state index contributed by atoms with van der Waals surface area (Å²) in [6.07, 6.45) is 4.46. The van der Waals surface area contributed by atoms with E-state index in [9.17, 15) is 9.18 Å². The number of nitrogens with one attached hydrogen (secondary N) is 1. The largest absolute Gasteiger partial charge is 0.368 e. The van der Waals surface area contributed by atoms with Crippen molar-refractivity contribution >= 4 is 22.6 Å². The molecule has 1 N–H and O–H groups in total. The molecule has 0 radical (unpaired) electrons. The molecule has 1 aliphatic carbocycles. The molecule has 1 aliphatic heterocycles. The van der Waals surface area contributed by atoms with Gasteiger partial charge in [0.05, 0.1) is 11.6 Å². The van der Waals surface area contributed by atoms with Crippen LogP contribution < -0.4 is 10.2 Å². The van der Waals surface area contributed by atoms with Crippen LogP contribution in [0.4, 0.5) is 10.2 Å². The van der Waals surface area contributed by atoms with E-state index in [4.69, 9.17) is 4.74 Å². The fourth-order valence-corrected chi connectivity index (χ4v) is 4.25. The lowest BCUT2D eigenvalue weighted by Crippen LogP contribution is -2.50. The Morgan fingerprint density at radius 2 is 1.90 bits per heavy atom. The molecule has 0 bridgehead atoms. The van der Waals surface area contributed by atoms with Crippen molar-refractivity contribution in [1.82, 2.24) is 15.2 Å². The van der Waals surface area contributed by atoms with E-state index in [1.807, 2.05) is 24.1 Å². The molecule has 4 rings (SSSR count). The van der Waals surface area contributed by atoms with Crippen molar-refractivity contribution in [2.45, 2.75) is 37.8 Å². The quantitative estimate of drug-likeness (QED) is 0.836. The smallest absolute Gasteiger partial charge is 0.248 e. The van der Waals surface area contributed by atoms with Gasteiger partial charge < -0.3 is 19.9 Å². The van der Waals surface area contributed by atoms with Gasteiger partial charge >= 0.3 is 0 Å². The number of hydrogen-bond donors (Lipinski definition) is 1. The maximum Gasteiger partial charge on any atom is 0.248 e. The van der Waals surface area contributed by atoms with Crippen LogP contribution in [0.5, 0.6) is 0 Å². The Balaban J connectivity index is 1.26. The SMILES string of the molecule is CNC1CCC(OCC(=O)N2CCN(c3ccc4cc(F)ccc4n3)CC2)CC1. The summed E-state index contributed by atoms with van der Waals surface area (Å²) >= 11 is 0. The molecule has 1 aromatic heterocycles. The van der Waals surface area contributed by atoms with Crippen molar-refractivity contribution in [2.24, 2.45) is 0 Å². The van der Waals surface area contributed by atoms with Crippen LogP contribution in [0.15, 0.2) is 30.3 Å². The van der Waals surface area contributed by atoms with Crippen molar-refractivity contribution < 1.29 is 13.9 Å². The number of piperazine rings is 1. The summed E-state index contributed by atoms with van der Waals surface area (Å²) in [5, 5.41) is 4.11. The number of benzene rings is 1. The van der Waals surface area contributed by atoms with Gasteiger partial charge in [-0.15, -0.1) is 0 Å². The highest BCUT2D eigenvalue weighted by Gasteiger charge is 2.25. The molecule has 0 atom stereocenters. The van der Waals surface area contributed by atoms with E-state index in [2.05, 4.69) is 15.2 Å². The van der Waals surface area contributed by atoms with Gasteiger partial charge in [-0.05, 0) is 63.1 Å². The average molecular weight is 400 g/mol. The number of hydrogen-bond acceptors (Lipinski definition) is 5. The molecule has 0 spiro atoms. The van der Waals surface area contributed by atoms with E-state index in [0.717, 1.165) is 55.5 Å². The van der Waals surface area contributed by atoms with E-state index in [-0.39, 0.29) is 24.4 Å². The van der Waals surface area contributed by atoms with Crippen molar-refractivity contribution in [3.63, 3.8) is 0 Å². The molecule has 1 saturated carbocycles. The zero-order valence-electron chi connectivity index (χ0n) is 16.9. The highest BCUT2D eigenvalue weighted by molar-refractivity contribution is 5.80. The lowest BCUT2D eigenvalue weighted by atomic mass is 9.93. The first kappa shape index (κ1) is 20.0. The predicted molar refractivity (Wildman–Crippen MR) is 112 cm³/mol. The summed E-state index contributed by atoms with van der Waals surface area (Å²) in [5.41, 5.74) is 0.781. The first-order chi connectivity index (χ1) is 14.1. The topological polar surface area (TPSA) is 57.7 Å². The summed E-state index contributed by atoms with van der Waals surface area (Å²) in [4.78, 5) is 21.2. The Morgan fingerprint density at radius 3 is 2.62 bits per heavy atom. The standard InChI is InChI=1S/C22H29FN4O2/c1-24-18-4-6-19(7-5-18)29-15-22(28)27-12-10-26(11-13-27)21-9-2-16-14-17(23)3-8-20(16)25-21/h2-3,8-9,14,18-19,24H,4-7,10-13,15H2,1H3. The number of carbonyl (C=O) groups is 1. The Kier molecular flexibility index (Phi) is 6.25. The maximum atomic E-state index is 13.3. The van der Waals surface area contributed by atoms with Gasteiger partial charge in [0.15, 0.2) is 0 Å². The summed E-state index contributed by atoms with van der Waals surface area (Å²) in [6, 6.07) is 9.03. The number of amides is 1. The number of rotatable bonds is 5. The van der Waals surface area contributed by atoms with Crippen LogP contribution in [-0.2, 0) is 9.53 Å². The zero-order chi connectivity index (χ0) is 20.2. The minimum Gasteiger partial charge on any atom is -0.368 e. The lowest BCUT2D eigenvalue weighted by molar-refractivity contribution is -0.139. The Bertz CT molecular complexity index is 846. The van der Waals surface area contributed by atoms with Crippen LogP contribution >= 0.6 is 0 Å². The molecule has 6 nitrogen and oxygen atoms in total. The van der Waals surface area contributed by atoms with Crippen LogP contribution in [0.3, 0.4) is 0 Å². The molecule has 2 aromatic rings. The first-order valence-corrected chi connectivity index (χ1v) is 10.5. The van der Waals surface area contributed by atoms with Crippen molar-refractivity contribution in [2.75, 3.05) is 44.7 Å². The monoisotopic (exact) mass is 400 g/mol. The number of carbonyl (C=O) groups excluding carboxylic acids is 1. The molecule has 2 heterocycles. The number of ether oxygens (including phenoxy) is 1. The van der Waals surface area contributed by atoms with Crippen LogP contribution in [0, 0.1) is 5.82 Å². The van der Waals surface area contributed by atoms with Crippen molar-refractivity contribution in [1.29, 1.82) is 0 Å². The third kappa shape index (κ3) is 4.85. The van der Waals surface area contributed by atoms with E-state index < -0.39 is 0 Å². The minimum absolute atomic E-state index is 0.0716. The molecular weight excluding hydrogens is 371 g/mol. The Morgan fingerprint density at radius 1 is 1.14 bits per heavy atom. The fourth-order valence-electron chi connectivity index (χ4n) is 4.25. The third-order valence-electron chi connectivity index (χ3n) is 6.12. The third-order valence-corrected chi connectivity index (χ3v) is 6.12. The van der Waals surface area contributed by atoms with Crippen molar-refractivity contribution in [3.8, 4) is 0 Å². The van der Waals surface area contributed by atoms with E-state index in [1.165, 1.54) is 12.1 Å². The predicted octanol–water partition coefficient (Wildman–Crippen LogP) is 2.57. The normalized spacial score (nSPS) is 22.8. The Hall–Kier alpha value is -2.25. The number of pyridine rings is 1. The molecule has 1 amide bonds. The number of halogens is 1. The van der Waals surface area contributed by atoms with Crippen LogP contribution in [-0.4, -0.2) is 67.8 Å². The molecular formula is C22H29FN4O2. The fraction of sp³-hybridized carbons (Fsp3) is 0.545. The number of aromatic nitrogens is 1. The van der Waals surface area contributed by atoms with E-state index in [1.54, 1.807) is 6.07 Å². The van der Waals surface area contributed by atoms with Gasteiger partial charge in [0.1, 0.15) is 18.2 Å². The maximum absolute atomic E-state index is 13.3. The van der Waals surface area contributed by atoms with Crippen LogP contribution in [0.1, 0.15) is 25.7 Å². The van der Waals surface area contributed by atoms with Gasteiger partial charge in [-0.1, -0.05) is 0 Å². The first-order valence-electron chi connectivity index (χ1n) is 10.5. The van der Waals surface area contributed by atoms with Crippen LogP contribution in [0.25, 0.3) is 10.9 Å². The summed E-state index contributed by atoms with van der Waals surface area (Å²) in [5.74, 6) is 0.688. The second kappa shape index (κ2) is 9.05. The molecule has 0 unspecified atom stereocenters. The van der Waals surface area contributed by atoms with Crippen molar-refractivity contribution in [3.05, 3.63) is 36.1 Å². The minimum atomic E-state index is -0.253. The van der Waals surface area contributed by atoms with Gasteiger partial charge in [0.2, 0.25) is 5.91 Å². The van der Waals surface area contributed by atoms with E-state index in [0.29, 0.717) is 19.1 Å². The molecule has 2 aliphatic rings. The molecule has 2 fully saturated rings. The highest BCUT2D eigenvalue weighted by atomic mass is 19.1. The average Bonchev–Trinajstić information content (AvgIpc) is 2.77. The van der Waals surface area contributed by atoms with Gasteiger partial charge in [-0.25, -0.2) is 9.37 Å². The van der Waals surface area contributed by atoms with Gasteiger partial charge in [0.25, 0.3) is 0 Å². The van der Waals surface area contributed by atoms with Gasteiger partial charge in [0, 0.05) is 37.6 Å². The number of fused-ring (bicyclic) bond motifs is 1. The molecule has 1 aromatic carbocycles. The molecule has 7 heteroatoms. The van der Waals surface area contributed by atoms with Gasteiger partial charge in [-0.3, -0.25) is 4.79 Å². The molecule has 1 saturated heterocycles. The Labute approximate surface area is 171 Å². The second-order valence-corrected chi connectivity index (χ2v) is 7.95. The van der Waals surface area contributed by atoms with Crippen LogP contribution in [0.2, 0.25) is 0 Å². The summed E-state index contributed by atoms with van der Waals surface area (Å²) in [6.45, 7) is 2.97. The summed E-state index contributed by atoms with van der Waals surface area (Å²) < 4.78 is 19.2. The second-order valence-electron chi connectivity index (χ2n) is 7.95. The molecule has 29 heavy (non-hydrogen) atoms. The molecule has 156 valence electrons. The summed E-state index contributed by atoms with van der Waals surface area (Å²) in [7, 11) is 2.00. The zero-order valence-corrected chi connectivity index (χ0v) is 16.9.